The van der Waals surface area contributed by atoms with Crippen molar-refractivity contribution in [2.75, 3.05) is 5.32 Å². The fourth-order valence-electron chi connectivity index (χ4n) is 2.40. The van der Waals surface area contributed by atoms with Gasteiger partial charge in [0.1, 0.15) is 10.8 Å². The molecule has 0 radical (unpaired) electrons. The van der Waals surface area contributed by atoms with Crippen LogP contribution in [0.15, 0.2) is 6.20 Å². The van der Waals surface area contributed by atoms with Crippen molar-refractivity contribution in [1.29, 1.82) is 0 Å². The molecule has 1 aromatic rings. The molecule has 1 aliphatic carbocycles. The zero-order valence-corrected chi connectivity index (χ0v) is 11.1. The molecule has 0 atom stereocenters. The number of thiocarbonyl (C=S) groups is 1. The summed E-state index contributed by atoms with van der Waals surface area (Å²) in [5, 5.41) is 9.29. The van der Waals surface area contributed by atoms with Crippen LogP contribution in [0.5, 0.6) is 0 Å². The van der Waals surface area contributed by atoms with E-state index in [1.165, 1.54) is 31.9 Å². The first-order chi connectivity index (χ1) is 8.66. The van der Waals surface area contributed by atoms with Crippen molar-refractivity contribution in [3.8, 4) is 0 Å². The molecule has 1 aromatic heterocycles. The number of hydrogen-bond donors (Lipinski definition) is 3. The highest BCUT2D eigenvalue weighted by Gasteiger charge is 2.17. The molecule has 98 valence electrons. The Kier molecular flexibility index (Phi) is 4.30. The average molecular weight is 266 g/mol. The molecule has 5 nitrogen and oxygen atoms in total. The molecule has 6 heteroatoms. The quantitative estimate of drug-likeness (QED) is 0.711. The van der Waals surface area contributed by atoms with Crippen LogP contribution in [0.2, 0.25) is 0 Å². The molecule has 0 saturated heterocycles. The van der Waals surface area contributed by atoms with Crippen molar-refractivity contribution in [1.82, 2.24) is 10.2 Å². The van der Waals surface area contributed by atoms with Gasteiger partial charge in [-0.1, -0.05) is 37.9 Å². The smallest absolute Gasteiger partial charge is 0.225 e. The molecule has 18 heavy (non-hydrogen) atoms. The van der Waals surface area contributed by atoms with Crippen LogP contribution in [0, 0.1) is 5.92 Å². The van der Waals surface area contributed by atoms with E-state index >= 15 is 0 Å². The fourth-order valence-corrected chi connectivity index (χ4v) is 2.56. The summed E-state index contributed by atoms with van der Waals surface area (Å²) in [6.07, 6.45) is 8.15. The van der Waals surface area contributed by atoms with Gasteiger partial charge in [0.2, 0.25) is 5.91 Å². The zero-order chi connectivity index (χ0) is 13.0. The Labute approximate surface area is 112 Å². The molecule has 1 fully saturated rings. The van der Waals surface area contributed by atoms with Crippen molar-refractivity contribution in [2.45, 2.75) is 38.5 Å². The zero-order valence-electron chi connectivity index (χ0n) is 10.2. The number of aromatic nitrogens is 2. The molecule has 1 saturated carbocycles. The van der Waals surface area contributed by atoms with Gasteiger partial charge in [0.05, 0.1) is 11.8 Å². The lowest BCUT2D eigenvalue weighted by Crippen LogP contribution is -2.17. The standard InChI is InChI=1S/C12H18N4OS/c13-11(18)9-7-14-16-12(9)15-10(17)6-5-8-3-1-2-4-8/h7-8H,1-6H2,(H2,13,18)(H2,14,15,16,17). The number of nitrogens with two attached hydrogens (primary N) is 1. The number of H-pyrrole nitrogens is 1. The van der Waals surface area contributed by atoms with E-state index in [1.54, 1.807) is 0 Å². The number of aromatic amines is 1. The highest BCUT2D eigenvalue weighted by Crippen LogP contribution is 2.28. The maximum absolute atomic E-state index is 11.8. The third-order valence-electron chi connectivity index (χ3n) is 3.42. The molecule has 0 aromatic carbocycles. The predicted molar refractivity (Wildman–Crippen MR) is 74.3 cm³/mol. The minimum Gasteiger partial charge on any atom is -0.389 e. The molecular weight excluding hydrogens is 248 g/mol. The topological polar surface area (TPSA) is 83.8 Å². The maximum atomic E-state index is 11.8. The van der Waals surface area contributed by atoms with E-state index in [9.17, 15) is 4.79 Å². The highest BCUT2D eigenvalue weighted by atomic mass is 32.1. The molecular formula is C12H18N4OS. The van der Waals surface area contributed by atoms with Crippen LogP contribution < -0.4 is 11.1 Å². The lowest BCUT2D eigenvalue weighted by molar-refractivity contribution is -0.116. The second-order valence-corrected chi connectivity index (χ2v) is 5.20. The fraction of sp³-hybridized carbons (Fsp3) is 0.583. The third-order valence-corrected chi connectivity index (χ3v) is 3.64. The number of anilines is 1. The average Bonchev–Trinajstić information content (AvgIpc) is 2.96. The summed E-state index contributed by atoms with van der Waals surface area (Å²) in [4.78, 5) is 12.0. The van der Waals surface area contributed by atoms with Crippen LogP contribution in [0.3, 0.4) is 0 Å². The number of nitrogens with one attached hydrogen (secondary N) is 2. The lowest BCUT2D eigenvalue weighted by Gasteiger charge is -2.08. The first-order valence-corrected chi connectivity index (χ1v) is 6.70. The van der Waals surface area contributed by atoms with Gasteiger partial charge in [-0.05, 0) is 12.3 Å². The third kappa shape index (κ3) is 3.29. The number of amides is 1. The minimum atomic E-state index is -0.0105. The molecule has 0 spiro atoms. The Hall–Kier alpha value is -1.43. The second-order valence-electron chi connectivity index (χ2n) is 4.76. The second kappa shape index (κ2) is 5.95. The number of hydrogen-bond acceptors (Lipinski definition) is 3. The lowest BCUT2D eigenvalue weighted by atomic mass is 10.0. The first kappa shape index (κ1) is 13.0. The minimum absolute atomic E-state index is 0.0105. The largest absolute Gasteiger partial charge is 0.389 e. The van der Waals surface area contributed by atoms with Crippen molar-refractivity contribution >= 4 is 28.9 Å². The highest BCUT2D eigenvalue weighted by molar-refractivity contribution is 7.80. The van der Waals surface area contributed by atoms with Crippen molar-refractivity contribution in [3.63, 3.8) is 0 Å². The summed E-state index contributed by atoms with van der Waals surface area (Å²) in [7, 11) is 0. The maximum Gasteiger partial charge on any atom is 0.225 e. The number of carbonyl (C=O) groups is 1. The van der Waals surface area contributed by atoms with E-state index in [0.29, 0.717) is 23.7 Å². The Bertz CT molecular complexity index is 437. The Morgan fingerprint density at radius 2 is 2.28 bits per heavy atom. The van der Waals surface area contributed by atoms with Gasteiger partial charge >= 0.3 is 0 Å². The van der Waals surface area contributed by atoms with Crippen molar-refractivity contribution in [3.05, 3.63) is 11.8 Å². The number of nitrogens with zero attached hydrogens (tertiary/aromatic N) is 1. The monoisotopic (exact) mass is 266 g/mol. The molecule has 1 amide bonds. The van der Waals surface area contributed by atoms with Crippen LogP contribution in [-0.2, 0) is 4.79 Å². The van der Waals surface area contributed by atoms with E-state index in [4.69, 9.17) is 18.0 Å². The Balaban J connectivity index is 1.82. The van der Waals surface area contributed by atoms with E-state index < -0.39 is 0 Å². The number of rotatable bonds is 5. The first-order valence-electron chi connectivity index (χ1n) is 6.30. The molecule has 4 N–H and O–H groups in total. The van der Waals surface area contributed by atoms with Gasteiger partial charge in [0.25, 0.3) is 0 Å². The van der Waals surface area contributed by atoms with Gasteiger partial charge in [-0.2, -0.15) is 5.10 Å². The summed E-state index contributed by atoms with van der Waals surface area (Å²) in [5.41, 5.74) is 6.11. The molecule has 2 rings (SSSR count). The van der Waals surface area contributed by atoms with Gasteiger partial charge < -0.3 is 11.1 Å². The Morgan fingerprint density at radius 3 is 2.94 bits per heavy atom. The summed E-state index contributed by atoms with van der Waals surface area (Å²) in [6.45, 7) is 0. The van der Waals surface area contributed by atoms with E-state index in [-0.39, 0.29) is 10.9 Å². The van der Waals surface area contributed by atoms with Crippen LogP contribution in [0.25, 0.3) is 0 Å². The van der Waals surface area contributed by atoms with Crippen molar-refractivity contribution < 1.29 is 4.79 Å². The normalized spacial score (nSPS) is 15.8. The molecule has 0 bridgehead atoms. The van der Waals surface area contributed by atoms with Gasteiger partial charge in [-0.3, -0.25) is 9.89 Å². The summed E-state index contributed by atoms with van der Waals surface area (Å²) in [5.74, 6) is 1.20. The van der Waals surface area contributed by atoms with E-state index in [2.05, 4.69) is 15.5 Å². The number of carbonyl (C=O) groups excluding carboxylic acids is 1. The van der Waals surface area contributed by atoms with Crippen molar-refractivity contribution in [2.24, 2.45) is 11.7 Å². The van der Waals surface area contributed by atoms with Gasteiger partial charge in [-0.15, -0.1) is 0 Å². The van der Waals surface area contributed by atoms with Gasteiger partial charge in [0.15, 0.2) is 0 Å². The van der Waals surface area contributed by atoms with E-state index in [1.807, 2.05) is 0 Å². The molecule has 0 aliphatic heterocycles. The van der Waals surface area contributed by atoms with Crippen LogP contribution in [0.1, 0.15) is 44.1 Å². The molecule has 1 aliphatic rings. The van der Waals surface area contributed by atoms with E-state index in [0.717, 1.165) is 6.42 Å². The summed E-state index contributed by atoms with van der Waals surface area (Å²) < 4.78 is 0. The SMILES string of the molecule is NC(=S)c1cn[nH]c1NC(=O)CCC1CCCC1. The van der Waals surface area contributed by atoms with Crippen LogP contribution >= 0.6 is 12.2 Å². The Morgan fingerprint density at radius 1 is 1.56 bits per heavy atom. The van der Waals surface area contributed by atoms with Gasteiger partial charge in [-0.25, -0.2) is 0 Å². The molecule has 0 unspecified atom stereocenters. The summed E-state index contributed by atoms with van der Waals surface area (Å²) >= 11 is 4.87. The van der Waals surface area contributed by atoms with Crippen LogP contribution in [0.4, 0.5) is 5.82 Å². The predicted octanol–water partition coefficient (Wildman–Crippen LogP) is 1.95. The summed E-state index contributed by atoms with van der Waals surface area (Å²) in [6, 6.07) is 0. The van der Waals surface area contributed by atoms with Gasteiger partial charge in [0, 0.05) is 6.42 Å². The molecule has 1 heterocycles. The van der Waals surface area contributed by atoms with Crippen LogP contribution in [-0.4, -0.2) is 21.1 Å².